The highest BCUT2D eigenvalue weighted by Crippen LogP contribution is 2.13. The molecule has 0 bridgehead atoms. The van der Waals surface area contributed by atoms with Crippen LogP contribution in [-0.4, -0.2) is 36.9 Å². The van der Waals surface area contributed by atoms with E-state index >= 15 is 0 Å². The highest BCUT2D eigenvalue weighted by molar-refractivity contribution is 5.91. The molecule has 0 radical (unpaired) electrons. The van der Waals surface area contributed by atoms with Crippen LogP contribution in [0.15, 0.2) is 48.5 Å². The largest absolute Gasteiger partial charge is 0.497 e. The number of halogens is 1. The van der Waals surface area contributed by atoms with Crippen LogP contribution in [0.5, 0.6) is 5.75 Å². The van der Waals surface area contributed by atoms with Crippen molar-refractivity contribution < 1.29 is 23.5 Å². The molecule has 0 fully saturated rings. The van der Waals surface area contributed by atoms with Crippen molar-refractivity contribution in [2.45, 2.75) is 31.8 Å². The lowest BCUT2D eigenvalue weighted by atomic mass is 10.0. The highest BCUT2D eigenvalue weighted by atomic mass is 19.1. The molecule has 0 aliphatic heterocycles. The van der Waals surface area contributed by atoms with Gasteiger partial charge in [0.15, 0.2) is 0 Å². The number of primary amides is 1. The Labute approximate surface area is 168 Å². The van der Waals surface area contributed by atoms with Crippen molar-refractivity contribution in [1.82, 2.24) is 10.6 Å². The zero-order chi connectivity index (χ0) is 21.4. The van der Waals surface area contributed by atoms with Gasteiger partial charge in [-0.3, -0.25) is 14.4 Å². The summed E-state index contributed by atoms with van der Waals surface area (Å²) in [6.45, 7) is 1.27. The molecule has 0 aliphatic carbocycles. The van der Waals surface area contributed by atoms with E-state index in [9.17, 15) is 18.8 Å². The van der Waals surface area contributed by atoms with Gasteiger partial charge in [0, 0.05) is 19.8 Å². The van der Waals surface area contributed by atoms with Gasteiger partial charge in [0.25, 0.3) is 0 Å². The SMILES string of the molecule is COc1ccc(C[C@@H](NC(=O)[C@H](Cc2cccc(F)c2)NC(C)=O)C(N)=O)cc1. The molecule has 2 aromatic carbocycles. The van der Waals surface area contributed by atoms with Gasteiger partial charge in [-0.25, -0.2) is 4.39 Å². The van der Waals surface area contributed by atoms with E-state index < -0.39 is 35.6 Å². The van der Waals surface area contributed by atoms with Gasteiger partial charge in [-0.15, -0.1) is 0 Å². The van der Waals surface area contributed by atoms with E-state index in [2.05, 4.69) is 10.6 Å². The Balaban J connectivity index is 2.12. The van der Waals surface area contributed by atoms with E-state index in [1.165, 1.54) is 25.1 Å². The Morgan fingerprint density at radius 2 is 1.66 bits per heavy atom. The van der Waals surface area contributed by atoms with Crippen LogP contribution in [0.2, 0.25) is 0 Å². The number of benzene rings is 2. The number of nitrogens with one attached hydrogen (secondary N) is 2. The summed E-state index contributed by atoms with van der Waals surface area (Å²) in [7, 11) is 1.54. The first-order valence-corrected chi connectivity index (χ1v) is 9.02. The molecule has 154 valence electrons. The molecule has 2 rings (SSSR count). The van der Waals surface area contributed by atoms with E-state index in [1.54, 1.807) is 37.4 Å². The van der Waals surface area contributed by atoms with Crippen LogP contribution < -0.4 is 21.1 Å². The minimum atomic E-state index is -0.980. The fourth-order valence-electron chi connectivity index (χ4n) is 2.85. The summed E-state index contributed by atoms with van der Waals surface area (Å²) in [6, 6.07) is 10.8. The zero-order valence-corrected chi connectivity index (χ0v) is 16.3. The third-order valence-electron chi connectivity index (χ3n) is 4.28. The van der Waals surface area contributed by atoms with Gasteiger partial charge in [0.1, 0.15) is 23.7 Å². The van der Waals surface area contributed by atoms with Gasteiger partial charge < -0.3 is 21.1 Å². The smallest absolute Gasteiger partial charge is 0.243 e. The van der Waals surface area contributed by atoms with Gasteiger partial charge in [-0.05, 0) is 35.4 Å². The first-order chi connectivity index (χ1) is 13.8. The van der Waals surface area contributed by atoms with Crippen LogP contribution in [-0.2, 0) is 27.2 Å². The van der Waals surface area contributed by atoms with Gasteiger partial charge in [-0.2, -0.15) is 0 Å². The monoisotopic (exact) mass is 401 g/mol. The first kappa shape index (κ1) is 21.9. The number of hydrogen-bond acceptors (Lipinski definition) is 4. The van der Waals surface area contributed by atoms with Gasteiger partial charge in [-0.1, -0.05) is 24.3 Å². The summed E-state index contributed by atoms with van der Waals surface area (Å²) >= 11 is 0. The summed E-state index contributed by atoms with van der Waals surface area (Å²) in [5.74, 6) is -1.50. The number of carbonyl (C=O) groups is 3. The molecule has 0 saturated carbocycles. The number of amides is 3. The van der Waals surface area contributed by atoms with Gasteiger partial charge >= 0.3 is 0 Å². The summed E-state index contributed by atoms with van der Waals surface area (Å²) in [5.41, 5.74) is 6.75. The van der Waals surface area contributed by atoms with Crippen LogP contribution in [0.1, 0.15) is 18.1 Å². The van der Waals surface area contributed by atoms with Crippen molar-refractivity contribution >= 4 is 17.7 Å². The van der Waals surface area contributed by atoms with Crippen LogP contribution >= 0.6 is 0 Å². The molecule has 0 aliphatic rings. The Hall–Kier alpha value is -3.42. The van der Waals surface area contributed by atoms with Crippen LogP contribution in [0.3, 0.4) is 0 Å². The minimum Gasteiger partial charge on any atom is -0.497 e. The van der Waals surface area contributed by atoms with Crippen LogP contribution in [0.4, 0.5) is 4.39 Å². The summed E-state index contributed by atoms with van der Waals surface area (Å²) in [4.78, 5) is 36.1. The summed E-state index contributed by atoms with van der Waals surface area (Å²) in [6.07, 6.45) is 0.245. The lowest BCUT2D eigenvalue weighted by molar-refractivity contribution is -0.130. The summed E-state index contributed by atoms with van der Waals surface area (Å²) in [5, 5.41) is 5.11. The second-order valence-electron chi connectivity index (χ2n) is 6.60. The predicted octanol–water partition coefficient (Wildman–Crippen LogP) is 1.09. The van der Waals surface area contributed by atoms with E-state index in [1.807, 2.05) is 0 Å². The number of carbonyl (C=O) groups excluding carboxylic acids is 3. The Morgan fingerprint density at radius 1 is 1.00 bits per heavy atom. The third-order valence-corrected chi connectivity index (χ3v) is 4.28. The highest BCUT2D eigenvalue weighted by Gasteiger charge is 2.25. The average molecular weight is 401 g/mol. The third kappa shape index (κ3) is 6.91. The van der Waals surface area contributed by atoms with E-state index in [0.717, 1.165) is 5.56 Å². The quantitative estimate of drug-likeness (QED) is 0.584. The molecule has 2 atom stereocenters. The average Bonchev–Trinajstić information content (AvgIpc) is 2.67. The molecule has 0 heterocycles. The molecule has 0 unspecified atom stereocenters. The van der Waals surface area contributed by atoms with Gasteiger partial charge in [0.2, 0.25) is 17.7 Å². The van der Waals surface area contributed by atoms with E-state index in [0.29, 0.717) is 11.3 Å². The molecule has 0 spiro atoms. The molecule has 2 aromatic rings. The maximum Gasteiger partial charge on any atom is 0.243 e. The van der Waals surface area contributed by atoms with Crippen molar-refractivity contribution in [3.05, 3.63) is 65.5 Å². The second-order valence-corrected chi connectivity index (χ2v) is 6.60. The molecule has 8 heteroatoms. The van der Waals surface area contributed by atoms with Crippen molar-refractivity contribution in [2.24, 2.45) is 5.73 Å². The Morgan fingerprint density at radius 3 is 2.21 bits per heavy atom. The lowest BCUT2D eigenvalue weighted by Gasteiger charge is -2.22. The van der Waals surface area contributed by atoms with Gasteiger partial charge in [0.05, 0.1) is 7.11 Å². The standard InChI is InChI=1S/C21H24FN3O4/c1-13(26)24-19(12-15-4-3-5-16(22)10-15)21(28)25-18(20(23)27)11-14-6-8-17(29-2)9-7-14/h3-10,18-19H,11-12H2,1-2H3,(H2,23,27)(H,24,26)(H,25,28)/t18-,19+/m1/s1. The number of rotatable bonds is 9. The van der Waals surface area contributed by atoms with Crippen molar-refractivity contribution in [3.63, 3.8) is 0 Å². The van der Waals surface area contributed by atoms with Crippen LogP contribution in [0, 0.1) is 5.82 Å². The number of nitrogens with two attached hydrogens (primary N) is 1. The maximum absolute atomic E-state index is 13.4. The first-order valence-electron chi connectivity index (χ1n) is 9.02. The minimum absolute atomic E-state index is 0.0667. The molecular formula is C21H24FN3O4. The van der Waals surface area contributed by atoms with Crippen molar-refractivity contribution in [1.29, 1.82) is 0 Å². The fourth-order valence-corrected chi connectivity index (χ4v) is 2.85. The van der Waals surface area contributed by atoms with E-state index in [-0.39, 0.29) is 12.8 Å². The van der Waals surface area contributed by atoms with E-state index in [4.69, 9.17) is 10.5 Å². The normalized spacial score (nSPS) is 12.5. The molecule has 0 aromatic heterocycles. The zero-order valence-electron chi connectivity index (χ0n) is 16.3. The molecule has 29 heavy (non-hydrogen) atoms. The maximum atomic E-state index is 13.4. The number of hydrogen-bond donors (Lipinski definition) is 3. The molecule has 4 N–H and O–H groups in total. The number of ether oxygens (including phenoxy) is 1. The molecule has 7 nitrogen and oxygen atoms in total. The second kappa shape index (κ2) is 10.2. The molecular weight excluding hydrogens is 377 g/mol. The van der Waals surface area contributed by atoms with Crippen molar-refractivity contribution in [3.8, 4) is 5.75 Å². The molecule has 0 saturated heterocycles. The van der Waals surface area contributed by atoms with Crippen molar-refractivity contribution in [2.75, 3.05) is 7.11 Å². The topological polar surface area (TPSA) is 111 Å². The summed E-state index contributed by atoms with van der Waals surface area (Å²) < 4.78 is 18.5. The lowest BCUT2D eigenvalue weighted by Crippen LogP contribution is -2.54. The predicted molar refractivity (Wildman–Crippen MR) is 106 cm³/mol. The Kier molecular flexibility index (Phi) is 7.70. The Bertz CT molecular complexity index is 870. The number of methoxy groups -OCH3 is 1. The fraction of sp³-hybridized carbons (Fsp3) is 0.286. The van der Waals surface area contributed by atoms with Crippen LogP contribution in [0.25, 0.3) is 0 Å². The molecule has 3 amide bonds.